The van der Waals surface area contributed by atoms with E-state index in [9.17, 15) is 14.7 Å². The van der Waals surface area contributed by atoms with E-state index in [0.29, 0.717) is 11.3 Å². The second-order valence-corrected chi connectivity index (χ2v) is 6.02. The summed E-state index contributed by atoms with van der Waals surface area (Å²) in [7, 11) is 0. The number of hydrogen-bond donors (Lipinski definition) is 1. The summed E-state index contributed by atoms with van der Waals surface area (Å²) in [5.74, 6) is -1.16. The van der Waals surface area contributed by atoms with Crippen LogP contribution in [-0.4, -0.2) is 26.8 Å². The number of benzene rings is 1. The molecule has 1 saturated heterocycles. The molecule has 4 nitrogen and oxygen atoms in total. The van der Waals surface area contributed by atoms with Crippen molar-refractivity contribution in [1.82, 2.24) is 4.90 Å². The summed E-state index contributed by atoms with van der Waals surface area (Å²) < 4.78 is 0. The van der Waals surface area contributed by atoms with Crippen LogP contribution in [0.25, 0.3) is 4.91 Å². The maximum Gasteiger partial charge on any atom is 0.353 e. The Morgan fingerprint density at radius 1 is 1.39 bits per heavy atom. The van der Waals surface area contributed by atoms with Gasteiger partial charge in [0.25, 0.3) is 0 Å². The first kappa shape index (κ1) is 11.3. The van der Waals surface area contributed by atoms with Gasteiger partial charge in [-0.15, -0.1) is 0 Å². The molecule has 0 bridgehead atoms. The van der Waals surface area contributed by atoms with E-state index in [1.807, 2.05) is 37.3 Å². The van der Waals surface area contributed by atoms with Crippen LogP contribution in [-0.2, 0) is 9.59 Å². The zero-order valence-corrected chi connectivity index (χ0v) is 10.5. The number of β-lactam (4-membered cyclic amide) rings is 1. The van der Waals surface area contributed by atoms with Crippen molar-refractivity contribution < 1.29 is 14.7 Å². The number of rotatable bonds is 2. The number of fused-ring (bicyclic) bond motifs is 1. The van der Waals surface area contributed by atoms with E-state index < -0.39 is 10.8 Å². The summed E-state index contributed by atoms with van der Waals surface area (Å²) >= 11 is 1.46. The molecular formula is C13H11NO3S. The monoisotopic (exact) mass is 261 g/mol. The van der Waals surface area contributed by atoms with Crippen molar-refractivity contribution in [3.8, 4) is 0 Å². The lowest BCUT2D eigenvalue weighted by Crippen LogP contribution is -2.57. The van der Waals surface area contributed by atoms with Gasteiger partial charge in [-0.1, -0.05) is 42.1 Å². The van der Waals surface area contributed by atoms with Gasteiger partial charge in [0, 0.05) is 4.91 Å². The molecule has 2 aliphatic rings. The number of thioether (sulfide) groups is 1. The normalized spacial score (nSPS) is 26.1. The molecule has 1 unspecified atom stereocenters. The Morgan fingerprint density at radius 2 is 2.06 bits per heavy atom. The molecule has 1 N–H and O–H groups in total. The number of carbonyl (C=O) groups excluding carboxylic acids is 1. The van der Waals surface area contributed by atoms with Crippen LogP contribution in [0.4, 0.5) is 0 Å². The highest BCUT2D eigenvalue weighted by molar-refractivity contribution is 8.10. The van der Waals surface area contributed by atoms with Crippen molar-refractivity contribution >= 4 is 28.5 Å². The molecule has 1 aromatic carbocycles. The molecule has 1 atom stereocenters. The van der Waals surface area contributed by atoms with Crippen molar-refractivity contribution in [3.63, 3.8) is 0 Å². The average molecular weight is 261 g/mol. The van der Waals surface area contributed by atoms with Gasteiger partial charge in [-0.3, -0.25) is 9.69 Å². The van der Waals surface area contributed by atoms with Crippen molar-refractivity contribution in [3.05, 3.63) is 41.6 Å². The third kappa shape index (κ3) is 1.40. The molecule has 2 heterocycles. The summed E-state index contributed by atoms with van der Waals surface area (Å²) in [5, 5.41) is 9.33. The molecule has 2 aliphatic heterocycles. The number of carboxylic acid groups (broad SMARTS) is 1. The molecule has 0 spiro atoms. The first-order chi connectivity index (χ1) is 8.53. The van der Waals surface area contributed by atoms with E-state index in [1.54, 1.807) is 0 Å². The predicted molar refractivity (Wildman–Crippen MR) is 68.5 cm³/mol. The SMILES string of the molecule is CC12CC(=O)N1C(C(=O)O)=C(c1ccccc1)S2. The first-order valence-corrected chi connectivity index (χ1v) is 6.40. The zero-order valence-electron chi connectivity index (χ0n) is 9.71. The Balaban J connectivity index is 2.14. The number of hydrogen-bond acceptors (Lipinski definition) is 3. The van der Waals surface area contributed by atoms with Gasteiger partial charge >= 0.3 is 5.97 Å². The summed E-state index contributed by atoms with van der Waals surface area (Å²) in [6, 6.07) is 9.34. The van der Waals surface area contributed by atoms with Gasteiger partial charge in [0.2, 0.25) is 5.91 Å². The molecule has 1 aromatic rings. The third-order valence-corrected chi connectivity index (χ3v) is 4.60. The van der Waals surface area contributed by atoms with Crippen LogP contribution < -0.4 is 0 Å². The quantitative estimate of drug-likeness (QED) is 0.829. The molecular weight excluding hydrogens is 250 g/mol. The van der Waals surface area contributed by atoms with E-state index in [1.165, 1.54) is 16.7 Å². The fourth-order valence-corrected chi connectivity index (χ4v) is 3.85. The minimum absolute atomic E-state index is 0.116. The maximum atomic E-state index is 11.6. The van der Waals surface area contributed by atoms with E-state index in [0.717, 1.165) is 5.56 Å². The minimum atomic E-state index is -1.04. The van der Waals surface area contributed by atoms with Crippen LogP contribution in [0, 0.1) is 0 Å². The van der Waals surface area contributed by atoms with Gasteiger partial charge in [0.1, 0.15) is 10.6 Å². The summed E-state index contributed by atoms with van der Waals surface area (Å²) in [6.45, 7) is 1.90. The molecule has 0 radical (unpaired) electrons. The molecule has 5 heteroatoms. The van der Waals surface area contributed by atoms with Gasteiger partial charge in [0.05, 0.1) is 6.42 Å². The second kappa shape index (κ2) is 3.62. The molecule has 3 rings (SSSR count). The highest BCUT2D eigenvalue weighted by Crippen LogP contribution is 2.57. The molecule has 0 aliphatic carbocycles. The Bertz CT molecular complexity index is 581. The summed E-state index contributed by atoms with van der Waals surface area (Å²) in [4.78, 5) is 24.7. The van der Waals surface area contributed by atoms with E-state index in [2.05, 4.69) is 0 Å². The largest absolute Gasteiger partial charge is 0.477 e. The predicted octanol–water partition coefficient (Wildman–Crippen LogP) is 2.14. The second-order valence-electron chi connectivity index (χ2n) is 4.53. The van der Waals surface area contributed by atoms with Crippen molar-refractivity contribution in [1.29, 1.82) is 0 Å². The number of amides is 1. The van der Waals surface area contributed by atoms with Gasteiger partial charge in [-0.05, 0) is 12.5 Å². The van der Waals surface area contributed by atoms with Crippen LogP contribution in [0.3, 0.4) is 0 Å². The van der Waals surface area contributed by atoms with E-state index >= 15 is 0 Å². The highest BCUT2D eigenvalue weighted by atomic mass is 32.2. The molecule has 0 saturated carbocycles. The van der Waals surface area contributed by atoms with Gasteiger partial charge in [-0.25, -0.2) is 4.79 Å². The average Bonchev–Trinajstić information content (AvgIpc) is 2.58. The highest BCUT2D eigenvalue weighted by Gasteiger charge is 2.57. The minimum Gasteiger partial charge on any atom is -0.477 e. The van der Waals surface area contributed by atoms with Gasteiger partial charge in [-0.2, -0.15) is 0 Å². The topological polar surface area (TPSA) is 57.6 Å². The van der Waals surface area contributed by atoms with Crippen molar-refractivity contribution in [2.75, 3.05) is 0 Å². The molecule has 92 valence electrons. The first-order valence-electron chi connectivity index (χ1n) is 5.58. The van der Waals surface area contributed by atoms with Crippen LogP contribution in [0.15, 0.2) is 36.0 Å². The number of aliphatic carboxylic acids is 1. The van der Waals surface area contributed by atoms with Crippen molar-refractivity contribution in [2.45, 2.75) is 18.2 Å². The van der Waals surface area contributed by atoms with Crippen LogP contribution >= 0.6 is 11.8 Å². The fraction of sp³-hybridized carbons (Fsp3) is 0.231. The fourth-order valence-electron chi connectivity index (χ4n) is 2.40. The zero-order chi connectivity index (χ0) is 12.9. The van der Waals surface area contributed by atoms with Crippen LogP contribution in [0.2, 0.25) is 0 Å². The van der Waals surface area contributed by atoms with Crippen molar-refractivity contribution in [2.24, 2.45) is 0 Å². The van der Waals surface area contributed by atoms with Gasteiger partial charge < -0.3 is 5.11 Å². The van der Waals surface area contributed by atoms with E-state index in [4.69, 9.17) is 0 Å². The smallest absolute Gasteiger partial charge is 0.353 e. The molecule has 1 fully saturated rings. The molecule has 18 heavy (non-hydrogen) atoms. The molecule has 0 aromatic heterocycles. The van der Waals surface area contributed by atoms with Crippen LogP contribution in [0.5, 0.6) is 0 Å². The number of carbonyl (C=O) groups is 2. The lowest BCUT2D eigenvalue weighted by atomic mass is 10.0. The lowest BCUT2D eigenvalue weighted by Gasteiger charge is -2.44. The summed E-state index contributed by atoms with van der Waals surface area (Å²) in [6.07, 6.45) is 0.394. The van der Waals surface area contributed by atoms with E-state index in [-0.39, 0.29) is 11.6 Å². The van der Waals surface area contributed by atoms with Crippen LogP contribution in [0.1, 0.15) is 18.9 Å². The molecule has 1 amide bonds. The Hall–Kier alpha value is -1.75. The number of carboxylic acids is 1. The lowest BCUT2D eigenvalue weighted by molar-refractivity contribution is -0.149. The Labute approximate surface area is 108 Å². The summed E-state index contributed by atoms with van der Waals surface area (Å²) in [5.41, 5.74) is 0.966. The number of nitrogens with zero attached hydrogens (tertiary/aromatic N) is 1. The standard InChI is InChI=1S/C13H11NO3S/c1-13-7-9(15)14(13)10(12(16)17)11(18-13)8-5-3-2-4-6-8/h2-6H,7H2,1H3,(H,16,17). The maximum absolute atomic E-state index is 11.6. The third-order valence-electron chi connectivity index (χ3n) is 3.20. The Morgan fingerprint density at radius 3 is 2.61 bits per heavy atom. The van der Waals surface area contributed by atoms with Gasteiger partial charge in [0.15, 0.2) is 0 Å². The Kier molecular flexibility index (Phi) is 2.28.